The van der Waals surface area contributed by atoms with E-state index in [2.05, 4.69) is 48.9 Å². The van der Waals surface area contributed by atoms with Gasteiger partial charge in [0.1, 0.15) is 0 Å². The van der Waals surface area contributed by atoms with Crippen LogP contribution in [0.25, 0.3) is 0 Å². The van der Waals surface area contributed by atoms with Gasteiger partial charge in [0.2, 0.25) is 0 Å². The zero-order valence-corrected chi connectivity index (χ0v) is 11.5. The second-order valence-corrected chi connectivity index (χ2v) is 5.50. The van der Waals surface area contributed by atoms with Crippen molar-refractivity contribution in [2.75, 3.05) is 0 Å². The average Bonchev–Trinajstić information content (AvgIpc) is 3.02. The molecule has 0 saturated heterocycles. The van der Waals surface area contributed by atoms with E-state index in [1.165, 1.54) is 18.5 Å². The lowest BCUT2D eigenvalue weighted by atomic mass is 9.97. The molecule has 0 aliphatic heterocycles. The Bertz CT molecular complexity index is 366. The monoisotopic (exact) mass is 235 g/mol. The van der Waals surface area contributed by atoms with Gasteiger partial charge < -0.3 is 5.32 Å². The lowest BCUT2D eigenvalue weighted by Crippen LogP contribution is -2.35. The molecule has 2 rings (SSSR count). The fourth-order valence-corrected chi connectivity index (χ4v) is 2.33. The van der Waals surface area contributed by atoms with Gasteiger partial charge in [-0.05, 0) is 52.0 Å². The maximum Gasteiger partial charge on any atom is 0.0596 e. The summed E-state index contributed by atoms with van der Waals surface area (Å²) in [5.74, 6) is 0.664. The second kappa shape index (κ2) is 5.21. The Morgan fingerprint density at radius 3 is 2.76 bits per heavy atom. The van der Waals surface area contributed by atoms with Gasteiger partial charge in [0.05, 0.1) is 5.69 Å². The third kappa shape index (κ3) is 3.32. The summed E-state index contributed by atoms with van der Waals surface area (Å²) in [6.45, 7) is 9.85. The van der Waals surface area contributed by atoms with Crippen LogP contribution in [0.2, 0.25) is 0 Å². The van der Waals surface area contributed by atoms with Gasteiger partial charge in [0.25, 0.3) is 0 Å². The largest absolute Gasteiger partial charge is 0.311 e. The number of hydrogen-bond acceptors (Lipinski definition) is 2. The Labute approximate surface area is 105 Å². The molecule has 0 amide bonds. The maximum absolute atomic E-state index is 4.51. The second-order valence-electron chi connectivity index (χ2n) is 5.50. The van der Waals surface area contributed by atoms with Gasteiger partial charge in [-0.2, -0.15) is 5.10 Å². The van der Waals surface area contributed by atoms with E-state index in [4.69, 9.17) is 0 Å². The van der Waals surface area contributed by atoms with Gasteiger partial charge in [-0.1, -0.05) is 6.92 Å². The van der Waals surface area contributed by atoms with Crippen LogP contribution in [0.5, 0.6) is 0 Å². The summed E-state index contributed by atoms with van der Waals surface area (Å²) in [6, 6.07) is 3.62. The molecule has 1 N–H and O–H groups in total. The first-order chi connectivity index (χ1) is 8.10. The van der Waals surface area contributed by atoms with Crippen molar-refractivity contribution in [2.24, 2.45) is 5.92 Å². The van der Waals surface area contributed by atoms with E-state index in [-0.39, 0.29) is 0 Å². The van der Waals surface area contributed by atoms with Crippen LogP contribution in [0.3, 0.4) is 0 Å². The van der Waals surface area contributed by atoms with Crippen LogP contribution in [0.1, 0.15) is 45.0 Å². The number of hydrogen-bond donors (Lipinski definition) is 1. The van der Waals surface area contributed by atoms with Crippen molar-refractivity contribution in [1.29, 1.82) is 0 Å². The first-order valence-electron chi connectivity index (χ1n) is 6.89. The lowest BCUT2D eigenvalue weighted by molar-refractivity contribution is 0.386. The van der Waals surface area contributed by atoms with Gasteiger partial charge >= 0.3 is 0 Å². The van der Waals surface area contributed by atoms with E-state index in [1.54, 1.807) is 0 Å². The molecule has 2 atom stereocenters. The Balaban J connectivity index is 1.93. The van der Waals surface area contributed by atoms with Crippen molar-refractivity contribution in [2.45, 2.75) is 65.6 Å². The van der Waals surface area contributed by atoms with Crippen molar-refractivity contribution >= 4 is 0 Å². The lowest BCUT2D eigenvalue weighted by Gasteiger charge is -2.21. The topological polar surface area (TPSA) is 29.9 Å². The summed E-state index contributed by atoms with van der Waals surface area (Å²) >= 11 is 0. The molecule has 3 nitrogen and oxygen atoms in total. The molecule has 1 aromatic rings. The fraction of sp³-hybridized carbons (Fsp3) is 0.786. The van der Waals surface area contributed by atoms with Gasteiger partial charge in [-0.15, -0.1) is 0 Å². The van der Waals surface area contributed by atoms with Crippen molar-refractivity contribution in [3.05, 3.63) is 17.5 Å². The normalized spacial score (nSPS) is 19.3. The zero-order valence-electron chi connectivity index (χ0n) is 11.5. The van der Waals surface area contributed by atoms with Gasteiger partial charge in [-0.3, -0.25) is 4.68 Å². The predicted molar refractivity (Wildman–Crippen MR) is 71.1 cm³/mol. The van der Waals surface area contributed by atoms with E-state index in [0.717, 1.165) is 24.7 Å². The summed E-state index contributed by atoms with van der Waals surface area (Å²) in [7, 11) is 0. The average molecular weight is 235 g/mol. The van der Waals surface area contributed by atoms with E-state index in [9.17, 15) is 0 Å². The van der Waals surface area contributed by atoms with Crippen molar-refractivity contribution in [3.63, 3.8) is 0 Å². The predicted octanol–water partition coefficient (Wildman–Crippen LogP) is 2.53. The molecule has 1 aromatic heterocycles. The van der Waals surface area contributed by atoms with Crippen LogP contribution in [-0.4, -0.2) is 21.9 Å². The highest BCUT2D eigenvalue weighted by atomic mass is 15.3. The molecule has 0 aromatic carbocycles. The molecule has 3 heteroatoms. The number of aromatic nitrogens is 2. The van der Waals surface area contributed by atoms with Crippen molar-refractivity contribution in [3.8, 4) is 0 Å². The van der Waals surface area contributed by atoms with E-state index < -0.39 is 0 Å². The smallest absolute Gasteiger partial charge is 0.0596 e. The Morgan fingerprint density at radius 2 is 2.18 bits per heavy atom. The van der Waals surface area contributed by atoms with Crippen LogP contribution in [-0.2, 0) is 13.0 Å². The van der Waals surface area contributed by atoms with Crippen LogP contribution in [0.4, 0.5) is 0 Å². The minimum atomic E-state index is 0.600. The van der Waals surface area contributed by atoms with Crippen LogP contribution >= 0.6 is 0 Å². The number of aryl methyl sites for hydroxylation is 2. The molecule has 2 unspecified atom stereocenters. The van der Waals surface area contributed by atoms with Gasteiger partial charge in [0.15, 0.2) is 0 Å². The zero-order chi connectivity index (χ0) is 12.4. The highest BCUT2D eigenvalue weighted by Gasteiger charge is 2.25. The molecule has 17 heavy (non-hydrogen) atoms. The summed E-state index contributed by atoms with van der Waals surface area (Å²) in [5.41, 5.74) is 2.51. The highest BCUT2D eigenvalue weighted by Crippen LogP contribution is 2.22. The highest BCUT2D eigenvalue weighted by molar-refractivity contribution is 5.10. The summed E-state index contributed by atoms with van der Waals surface area (Å²) < 4.78 is 2.13. The molecule has 0 radical (unpaired) electrons. The Morgan fingerprint density at radius 1 is 1.47 bits per heavy atom. The fourth-order valence-electron chi connectivity index (χ4n) is 2.33. The SMILES string of the molecule is CCn1nc(C)cc1CC(C)C(C)NC1CC1. The molecule has 0 bridgehead atoms. The summed E-state index contributed by atoms with van der Waals surface area (Å²) in [5, 5.41) is 8.20. The van der Waals surface area contributed by atoms with Crippen molar-refractivity contribution < 1.29 is 0 Å². The van der Waals surface area contributed by atoms with E-state index >= 15 is 0 Å². The van der Waals surface area contributed by atoms with E-state index in [0.29, 0.717) is 12.0 Å². The minimum Gasteiger partial charge on any atom is -0.311 e. The summed E-state index contributed by atoms with van der Waals surface area (Å²) in [6.07, 6.45) is 3.85. The molecular formula is C14H25N3. The third-order valence-corrected chi connectivity index (χ3v) is 3.75. The first-order valence-corrected chi connectivity index (χ1v) is 6.89. The van der Waals surface area contributed by atoms with Gasteiger partial charge in [0, 0.05) is 24.3 Å². The molecule has 96 valence electrons. The van der Waals surface area contributed by atoms with Crippen LogP contribution < -0.4 is 5.32 Å². The molecule has 1 aliphatic carbocycles. The van der Waals surface area contributed by atoms with Gasteiger partial charge in [-0.25, -0.2) is 0 Å². The quantitative estimate of drug-likeness (QED) is 0.821. The minimum absolute atomic E-state index is 0.600. The Hall–Kier alpha value is -0.830. The molecule has 1 aliphatic rings. The Kier molecular flexibility index (Phi) is 3.87. The standard InChI is InChI=1S/C14H25N3/c1-5-17-14(9-11(3)16-17)8-10(2)12(4)15-13-6-7-13/h9-10,12-13,15H,5-8H2,1-4H3. The van der Waals surface area contributed by atoms with Crippen LogP contribution in [0.15, 0.2) is 6.07 Å². The first kappa shape index (κ1) is 12.6. The molecule has 1 heterocycles. The van der Waals surface area contributed by atoms with E-state index in [1.807, 2.05) is 0 Å². The maximum atomic E-state index is 4.51. The van der Waals surface area contributed by atoms with Crippen molar-refractivity contribution in [1.82, 2.24) is 15.1 Å². The number of nitrogens with zero attached hydrogens (tertiary/aromatic N) is 2. The molecular weight excluding hydrogens is 210 g/mol. The third-order valence-electron chi connectivity index (χ3n) is 3.75. The number of rotatable bonds is 6. The van der Waals surface area contributed by atoms with Crippen LogP contribution in [0, 0.1) is 12.8 Å². The molecule has 1 fully saturated rings. The molecule has 0 spiro atoms. The molecule has 1 saturated carbocycles. The number of nitrogens with one attached hydrogen (secondary N) is 1. The summed E-state index contributed by atoms with van der Waals surface area (Å²) in [4.78, 5) is 0.